The number of rotatable bonds is 1. The summed E-state index contributed by atoms with van der Waals surface area (Å²) in [6, 6.07) is -0.863. The summed E-state index contributed by atoms with van der Waals surface area (Å²) in [6.07, 6.45) is 3.27. The highest BCUT2D eigenvalue weighted by molar-refractivity contribution is 5.92. The average Bonchev–Trinajstić information content (AvgIpc) is 1.94. The number of carboxylic acid groups (broad SMARTS) is 1. The van der Waals surface area contributed by atoms with Gasteiger partial charge in [0.1, 0.15) is 0 Å². The second-order valence-electron chi connectivity index (χ2n) is 2.49. The highest BCUT2D eigenvalue weighted by Gasteiger charge is 2.30. The summed E-state index contributed by atoms with van der Waals surface area (Å²) in [5.41, 5.74) is 5.34. The Morgan fingerprint density at radius 3 is 2.82 bits per heavy atom. The van der Waals surface area contributed by atoms with Gasteiger partial charge < -0.3 is 10.8 Å². The Morgan fingerprint density at radius 1 is 1.73 bits per heavy atom. The number of carbonyl (C=O) groups is 2. The van der Waals surface area contributed by atoms with Crippen LogP contribution in [0.3, 0.4) is 0 Å². The third-order valence-electron chi connectivity index (χ3n) is 1.71. The van der Waals surface area contributed by atoms with Gasteiger partial charge in [-0.15, -0.1) is 0 Å². The Labute approximate surface area is 63.7 Å². The molecule has 0 bridgehead atoms. The van der Waals surface area contributed by atoms with Crippen LogP contribution in [0, 0.1) is 5.92 Å². The van der Waals surface area contributed by atoms with Crippen LogP contribution in [0.1, 0.15) is 6.42 Å². The maximum Gasteiger partial charge on any atom is 0.312 e. The minimum atomic E-state index is -1.04. The van der Waals surface area contributed by atoms with Gasteiger partial charge in [0.25, 0.3) is 0 Å². The maximum atomic E-state index is 10.9. The number of nitrogens with two attached hydrogens (primary N) is 1. The lowest BCUT2D eigenvalue weighted by Gasteiger charge is -2.18. The Bertz CT molecular complexity index is 222. The molecule has 0 saturated carbocycles. The lowest BCUT2D eigenvalue weighted by molar-refractivity contribution is -0.142. The second-order valence-corrected chi connectivity index (χ2v) is 2.49. The van der Waals surface area contributed by atoms with Gasteiger partial charge in [0.15, 0.2) is 5.78 Å². The zero-order valence-electron chi connectivity index (χ0n) is 5.86. The van der Waals surface area contributed by atoms with Crippen LogP contribution in [-0.2, 0) is 9.59 Å². The summed E-state index contributed by atoms with van der Waals surface area (Å²) in [7, 11) is 0. The van der Waals surface area contributed by atoms with Gasteiger partial charge in [-0.05, 0) is 0 Å². The third kappa shape index (κ3) is 1.46. The van der Waals surface area contributed by atoms with Crippen molar-refractivity contribution < 1.29 is 14.7 Å². The fourth-order valence-corrected chi connectivity index (χ4v) is 1.02. The highest BCUT2D eigenvalue weighted by Crippen LogP contribution is 2.13. The number of Topliss-reactive ketones (excluding diaryl/α,β-unsaturated/α-hetero) is 1. The first kappa shape index (κ1) is 7.94. The molecule has 0 aromatic carbocycles. The van der Waals surface area contributed by atoms with Crippen LogP contribution in [0.2, 0.25) is 0 Å². The van der Waals surface area contributed by atoms with Crippen molar-refractivity contribution in [2.75, 3.05) is 0 Å². The standard InChI is InChI=1S/C7H9NO3/c8-6-4(7(10)11)2-1-3-5(6)9/h1-2,4,6H,3,8H2,(H,10,11)/t4-,6+/m0/s1. The molecule has 1 rings (SSSR count). The zero-order valence-corrected chi connectivity index (χ0v) is 5.86. The molecule has 1 aliphatic carbocycles. The Morgan fingerprint density at radius 2 is 2.36 bits per heavy atom. The summed E-state index contributed by atoms with van der Waals surface area (Å²) in [5, 5.41) is 8.54. The fraction of sp³-hybridized carbons (Fsp3) is 0.429. The molecule has 0 aromatic rings. The average molecular weight is 155 g/mol. The molecule has 2 atom stereocenters. The van der Waals surface area contributed by atoms with E-state index in [1.54, 1.807) is 6.08 Å². The normalized spacial score (nSPS) is 30.5. The maximum absolute atomic E-state index is 10.9. The first-order valence-electron chi connectivity index (χ1n) is 3.30. The Kier molecular flexibility index (Phi) is 2.05. The molecule has 0 fully saturated rings. The summed E-state index contributed by atoms with van der Waals surface area (Å²) < 4.78 is 0. The summed E-state index contributed by atoms with van der Waals surface area (Å²) >= 11 is 0. The van der Waals surface area contributed by atoms with Crippen LogP contribution in [0.4, 0.5) is 0 Å². The van der Waals surface area contributed by atoms with Gasteiger partial charge in [-0.2, -0.15) is 0 Å². The topological polar surface area (TPSA) is 80.4 Å². The Balaban J connectivity index is 2.80. The van der Waals surface area contributed by atoms with Crippen LogP contribution >= 0.6 is 0 Å². The van der Waals surface area contributed by atoms with Crippen molar-refractivity contribution in [2.24, 2.45) is 11.7 Å². The molecule has 0 amide bonds. The van der Waals surface area contributed by atoms with Crippen LogP contribution in [0.15, 0.2) is 12.2 Å². The minimum Gasteiger partial charge on any atom is -0.481 e. The van der Waals surface area contributed by atoms with E-state index in [0.29, 0.717) is 0 Å². The molecule has 0 radical (unpaired) electrons. The molecule has 0 saturated heterocycles. The van der Waals surface area contributed by atoms with Crippen LogP contribution < -0.4 is 5.73 Å². The minimum absolute atomic E-state index is 0.208. The molecular formula is C7H9NO3. The number of carbonyl (C=O) groups excluding carboxylic acids is 1. The quantitative estimate of drug-likeness (QED) is 0.502. The lowest BCUT2D eigenvalue weighted by atomic mass is 9.90. The number of aliphatic carboxylic acids is 1. The number of allylic oxidation sites excluding steroid dienone is 1. The van der Waals surface area contributed by atoms with Gasteiger partial charge in [0.2, 0.25) is 0 Å². The van der Waals surface area contributed by atoms with Gasteiger partial charge in [-0.25, -0.2) is 0 Å². The molecular weight excluding hydrogens is 146 g/mol. The van der Waals surface area contributed by atoms with Crippen molar-refractivity contribution >= 4 is 11.8 Å². The number of ketones is 1. The van der Waals surface area contributed by atoms with Gasteiger partial charge in [0, 0.05) is 6.42 Å². The van der Waals surface area contributed by atoms with Crippen molar-refractivity contribution in [1.82, 2.24) is 0 Å². The first-order valence-corrected chi connectivity index (χ1v) is 3.30. The molecule has 11 heavy (non-hydrogen) atoms. The van der Waals surface area contributed by atoms with Gasteiger partial charge in [-0.1, -0.05) is 12.2 Å². The summed E-state index contributed by atoms with van der Waals surface area (Å²) in [5.74, 6) is -2.09. The number of carboxylic acids is 1. The monoisotopic (exact) mass is 155 g/mol. The summed E-state index contributed by atoms with van der Waals surface area (Å²) in [4.78, 5) is 21.3. The predicted octanol–water partition coefficient (Wildman–Crippen LogP) is -0.457. The molecule has 3 N–H and O–H groups in total. The van der Waals surface area contributed by atoms with E-state index in [-0.39, 0.29) is 12.2 Å². The largest absolute Gasteiger partial charge is 0.481 e. The second kappa shape index (κ2) is 2.84. The summed E-state index contributed by atoms with van der Waals surface area (Å²) in [6.45, 7) is 0. The van der Waals surface area contributed by atoms with E-state index in [4.69, 9.17) is 10.8 Å². The van der Waals surface area contributed by atoms with Crippen molar-refractivity contribution in [3.05, 3.63) is 12.2 Å². The van der Waals surface area contributed by atoms with E-state index < -0.39 is 17.9 Å². The van der Waals surface area contributed by atoms with E-state index in [1.165, 1.54) is 6.08 Å². The van der Waals surface area contributed by atoms with Crippen LogP contribution in [0.25, 0.3) is 0 Å². The van der Waals surface area contributed by atoms with Crippen LogP contribution in [-0.4, -0.2) is 22.9 Å². The highest BCUT2D eigenvalue weighted by atomic mass is 16.4. The van der Waals surface area contributed by atoms with E-state index >= 15 is 0 Å². The van der Waals surface area contributed by atoms with Gasteiger partial charge >= 0.3 is 5.97 Å². The smallest absolute Gasteiger partial charge is 0.312 e. The molecule has 60 valence electrons. The van der Waals surface area contributed by atoms with Gasteiger partial charge in [0.05, 0.1) is 12.0 Å². The first-order chi connectivity index (χ1) is 5.13. The van der Waals surface area contributed by atoms with Gasteiger partial charge in [-0.3, -0.25) is 9.59 Å². The molecule has 0 heterocycles. The lowest BCUT2D eigenvalue weighted by Crippen LogP contribution is -2.42. The number of hydrogen-bond donors (Lipinski definition) is 2. The molecule has 0 unspecified atom stereocenters. The van der Waals surface area contributed by atoms with E-state index in [0.717, 1.165) is 0 Å². The molecule has 1 aliphatic rings. The Hall–Kier alpha value is -1.16. The van der Waals surface area contributed by atoms with E-state index in [1.807, 2.05) is 0 Å². The SMILES string of the molecule is N[C@H]1C(=O)CC=C[C@@H]1C(=O)O. The molecule has 4 heteroatoms. The fourth-order valence-electron chi connectivity index (χ4n) is 1.02. The van der Waals surface area contributed by atoms with Crippen molar-refractivity contribution in [2.45, 2.75) is 12.5 Å². The van der Waals surface area contributed by atoms with Crippen LogP contribution in [0.5, 0.6) is 0 Å². The van der Waals surface area contributed by atoms with Crippen molar-refractivity contribution in [3.8, 4) is 0 Å². The van der Waals surface area contributed by atoms with E-state index in [9.17, 15) is 9.59 Å². The molecule has 0 spiro atoms. The van der Waals surface area contributed by atoms with Crippen molar-refractivity contribution in [3.63, 3.8) is 0 Å². The van der Waals surface area contributed by atoms with E-state index in [2.05, 4.69) is 0 Å². The molecule has 0 aliphatic heterocycles. The molecule has 0 aromatic heterocycles. The predicted molar refractivity (Wildman–Crippen MR) is 37.9 cm³/mol. The molecule has 4 nitrogen and oxygen atoms in total. The third-order valence-corrected chi connectivity index (χ3v) is 1.71. The zero-order chi connectivity index (χ0) is 8.43. The number of hydrogen-bond acceptors (Lipinski definition) is 3. The van der Waals surface area contributed by atoms with Crippen molar-refractivity contribution in [1.29, 1.82) is 0 Å².